The van der Waals surface area contributed by atoms with Gasteiger partial charge >= 0.3 is 5.69 Å². The quantitative estimate of drug-likeness (QED) is 0.652. The van der Waals surface area contributed by atoms with Crippen LogP contribution in [0.4, 0.5) is 11.5 Å². The van der Waals surface area contributed by atoms with E-state index < -0.39 is 0 Å². The van der Waals surface area contributed by atoms with E-state index in [9.17, 15) is 10.1 Å². The smallest absolute Gasteiger partial charge is 0.314 e. The molecule has 1 N–H and O–H groups in total. The number of nitrogens with one attached hydrogen (secondary N) is 1. The SMILES string of the molecule is Cc1ccnc(NC(C)CN2CCCC2)c1[N+](=O)[O-]. The van der Waals surface area contributed by atoms with E-state index >= 15 is 0 Å². The summed E-state index contributed by atoms with van der Waals surface area (Å²) in [7, 11) is 0. The van der Waals surface area contributed by atoms with E-state index in [1.807, 2.05) is 6.92 Å². The molecule has 1 aliphatic heterocycles. The molecule has 0 saturated carbocycles. The molecule has 1 aromatic rings. The summed E-state index contributed by atoms with van der Waals surface area (Å²) in [6, 6.07) is 1.81. The van der Waals surface area contributed by atoms with Crippen LogP contribution in [-0.2, 0) is 0 Å². The first-order valence-electron chi connectivity index (χ1n) is 6.67. The highest BCUT2D eigenvalue weighted by Gasteiger charge is 2.21. The lowest BCUT2D eigenvalue weighted by atomic mass is 10.2. The van der Waals surface area contributed by atoms with E-state index in [0.717, 1.165) is 19.6 Å². The molecular formula is C13H20N4O2. The van der Waals surface area contributed by atoms with Crippen molar-refractivity contribution in [3.63, 3.8) is 0 Å². The normalized spacial score (nSPS) is 17.4. The van der Waals surface area contributed by atoms with Crippen molar-refractivity contribution < 1.29 is 4.92 Å². The Morgan fingerprint density at radius 3 is 2.84 bits per heavy atom. The molecule has 1 fully saturated rings. The van der Waals surface area contributed by atoms with Gasteiger partial charge < -0.3 is 10.2 Å². The van der Waals surface area contributed by atoms with Gasteiger partial charge in [-0.05, 0) is 45.8 Å². The maximum atomic E-state index is 11.1. The highest BCUT2D eigenvalue weighted by atomic mass is 16.6. The van der Waals surface area contributed by atoms with Crippen LogP contribution in [-0.4, -0.2) is 40.5 Å². The molecular weight excluding hydrogens is 244 g/mol. The topological polar surface area (TPSA) is 71.3 Å². The zero-order chi connectivity index (χ0) is 13.8. The van der Waals surface area contributed by atoms with Gasteiger partial charge in [-0.15, -0.1) is 0 Å². The van der Waals surface area contributed by atoms with Gasteiger partial charge in [0.2, 0.25) is 5.82 Å². The van der Waals surface area contributed by atoms with Gasteiger partial charge in [0, 0.05) is 24.3 Å². The largest absolute Gasteiger partial charge is 0.361 e. The lowest BCUT2D eigenvalue weighted by Crippen LogP contribution is -2.33. The molecule has 1 atom stereocenters. The third-order valence-corrected chi connectivity index (χ3v) is 3.42. The molecule has 0 aromatic carbocycles. The maximum absolute atomic E-state index is 11.1. The van der Waals surface area contributed by atoms with Crippen molar-refractivity contribution in [2.75, 3.05) is 25.0 Å². The van der Waals surface area contributed by atoms with Gasteiger partial charge in [0.05, 0.1) is 4.92 Å². The highest BCUT2D eigenvalue weighted by Crippen LogP contribution is 2.26. The van der Waals surface area contributed by atoms with Crippen molar-refractivity contribution in [1.82, 2.24) is 9.88 Å². The van der Waals surface area contributed by atoms with E-state index in [0.29, 0.717) is 11.4 Å². The summed E-state index contributed by atoms with van der Waals surface area (Å²) in [5.74, 6) is 0.372. The summed E-state index contributed by atoms with van der Waals surface area (Å²) >= 11 is 0. The summed E-state index contributed by atoms with van der Waals surface area (Å²) < 4.78 is 0. The number of nitro groups is 1. The summed E-state index contributed by atoms with van der Waals surface area (Å²) in [5, 5.41) is 14.2. The highest BCUT2D eigenvalue weighted by molar-refractivity contribution is 5.60. The Morgan fingerprint density at radius 1 is 1.53 bits per heavy atom. The standard InChI is InChI=1S/C13H20N4O2/c1-10-5-6-14-13(12(10)17(18)19)15-11(2)9-16-7-3-4-8-16/h5-6,11H,3-4,7-9H2,1-2H3,(H,14,15). The molecule has 2 heterocycles. The summed E-state index contributed by atoms with van der Waals surface area (Å²) in [5.41, 5.74) is 0.714. The first-order chi connectivity index (χ1) is 9.08. The van der Waals surface area contributed by atoms with Crippen LogP contribution >= 0.6 is 0 Å². The fraction of sp³-hybridized carbons (Fsp3) is 0.615. The lowest BCUT2D eigenvalue weighted by Gasteiger charge is -2.21. The lowest BCUT2D eigenvalue weighted by molar-refractivity contribution is -0.384. The first-order valence-corrected chi connectivity index (χ1v) is 6.67. The maximum Gasteiger partial charge on any atom is 0.314 e. The zero-order valence-corrected chi connectivity index (χ0v) is 11.4. The number of rotatable bonds is 5. The van der Waals surface area contributed by atoms with Gasteiger partial charge in [-0.25, -0.2) is 4.98 Å². The van der Waals surface area contributed by atoms with Crippen molar-refractivity contribution in [3.8, 4) is 0 Å². The number of aryl methyl sites for hydroxylation is 1. The van der Waals surface area contributed by atoms with Crippen LogP contribution in [0.1, 0.15) is 25.3 Å². The monoisotopic (exact) mass is 264 g/mol. The Bertz CT molecular complexity index is 458. The Kier molecular flexibility index (Phi) is 4.31. The molecule has 1 saturated heterocycles. The second kappa shape index (κ2) is 5.97. The van der Waals surface area contributed by atoms with Crippen LogP contribution in [0.25, 0.3) is 0 Å². The number of anilines is 1. The van der Waals surface area contributed by atoms with Gasteiger partial charge in [-0.2, -0.15) is 0 Å². The Hall–Kier alpha value is -1.69. The average Bonchev–Trinajstić information content (AvgIpc) is 2.81. The molecule has 19 heavy (non-hydrogen) atoms. The minimum atomic E-state index is -0.368. The molecule has 0 amide bonds. The van der Waals surface area contributed by atoms with Gasteiger partial charge in [-0.3, -0.25) is 10.1 Å². The minimum Gasteiger partial charge on any atom is -0.361 e. The second-order valence-electron chi connectivity index (χ2n) is 5.14. The molecule has 0 spiro atoms. The number of aromatic nitrogens is 1. The summed E-state index contributed by atoms with van der Waals surface area (Å²) in [6.07, 6.45) is 4.10. The van der Waals surface area contributed by atoms with Gasteiger partial charge in [-0.1, -0.05) is 0 Å². The number of nitrogens with zero attached hydrogens (tertiary/aromatic N) is 3. The van der Waals surface area contributed by atoms with Crippen molar-refractivity contribution in [2.24, 2.45) is 0 Å². The van der Waals surface area contributed by atoms with Crippen molar-refractivity contribution in [1.29, 1.82) is 0 Å². The Morgan fingerprint density at radius 2 is 2.21 bits per heavy atom. The van der Waals surface area contributed by atoms with Crippen LogP contribution in [0.2, 0.25) is 0 Å². The van der Waals surface area contributed by atoms with E-state index in [1.165, 1.54) is 12.8 Å². The minimum absolute atomic E-state index is 0.0794. The van der Waals surface area contributed by atoms with Crippen molar-refractivity contribution in [3.05, 3.63) is 27.9 Å². The molecule has 1 unspecified atom stereocenters. The fourth-order valence-electron chi connectivity index (χ4n) is 2.52. The van der Waals surface area contributed by atoms with E-state index in [-0.39, 0.29) is 16.7 Å². The molecule has 0 aliphatic carbocycles. The van der Waals surface area contributed by atoms with E-state index in [1.54, 1.807) is 19.2 Å². The number of hydrogen-bond donors (Lipinski definition) is 1. The summed E-state index contributed by atoms with van der Waals surface area (Å²) in [6.45, 7) is 6.90. The average molecular weight is 264 g/mol. The van der Waals surface area contributed by atoms with Crippen LogP contribution in [0.15, 0.2) is 12.3 Å². The summed E-state index contributed by atoms with van der Waals surface area (Å²) in [4.78, 5) is 17.2. The Balaban J connectivity index is 2.05. The van der Waals surface area contributed by atoms with Crippen LogP contribution in [0.5, 0.6) is 0 Å². The van der Waals surface area contributed by atoms with Gasteiger partial charge in [0.15, 0.2) is 0 Å². The predicted molar refractivity (Wildman–Crippen MR) is 74.4 cm³/mol. The molecule has 104 valence electrons. The first kappa shape index (κ1) is 13.7. The second-order valence-corrected chi connectivity index (χ2v) is 5.14. The predicted octanol–water partition coefficient (Wildman–Crippen LogP) is 2.19. The molecule has 0 radical (unpaired) electrons. The number of likely N-dealkylation sites (tertiary alicyclic amines) is 1. The third-order valence-electron chi connectivity index (χ3n) is 3.42. The number of hydrogen-bond acceptors (Lipinski definition) is 5. The zero-order valence-electron chi connectivity index (χ0n) is 11.4. The molecule has 0 bridgehead atoms. The van der Waals surface area contributed by atoms with Gasteiger partial charge in [0.1, 0.15) is 0 Å². The van der Waals surface area contributed by atoms with Gasteiger partial charge in [0.25, 0.3) is 0 Å². The van der Waals surface area contributed by atoms with E-state index in [2.05, 4.69) is 15.2 Å². The van der Waals surface area contributed by atoms with Crippen LogP contribution in [0.3, 0.4) is 0 Å². The fourth-order valence-corrected chi connectivity index (χ4v) is 2.52. The molecule has 6 nitrogen and oxygen atoms in total. The van der Waals surface area contributed by atoms with Crippen LogP contribution in [0, 0.1) is 17.0 Å². The molecule has 1 aromatic heterocycles. The Labute approximate surface area is 113 Å². The molecule has 6 heteroatoms. The molecule has 2 rings (SSSR count). The number of pyridine rings is 1. The molecule has 1 aliphatic rings. The third kappa shape index (κ3) is 3.41. The van der Waals surface area contributed by atoms with Crippen molar-refractivity contribution in [2.45, 2.75) is 32.7 Å². The van der Waals surface area contributed by atoms with Crippen molar-refractivity contribution >= 4 is 11.5 Å². The van der Waals surface area contributed by atoms with E-state index in [4.69, 9.17) is 0 Å². The van der Waals surface area contributed by atoms with Crippen LogP contribution < -0.4 is 5.32 Å².